The minimum Gasteiger partial charge on any atom is -0.292 e. The summed E-state index contributed by atoms with van der Waals surface area (Å²) in [5.74, 6) is -0.851. The first-order valence-corrected chi connectivity index (χ1v) is 10.1. The van der Waals surface area contributed by atoms with Gasteiger partial charge >= 0.3 is 0 Å². The number of nitrogens with zero attached hydrogens (tertiary/aromatic N) is 3. The van der Waals surface area contributed by atoms with E-state index < -0.39 is 11.9 Å². The quantitative estimate of drug-likeness (QED) is 0.506. The fraction of sp³-hybridized carbons (Fsp3) is 0.273. The molecule has 0 aliphatic carbocycles. The van der Waals surface area contributed by atoms with Crippen molar-refractivity contribution in [1.82, 2.24) is 9.78 Å². The monoisotopic (exact) mass is 431 g/mol. The number of aryl methyl sites for hydroxylation is 2. The molecule has 0 radical (unpaired) electrons. The molecular weight excluding hydrogens is 412 g/mol. The van der Waals surface area contributed by atoms with Gasteiger partial charge in [0.1, 0.15) is 5.69 Å². The number of hydrogen-bond acceptors (Lipinski definition) is 2. The van der Waals surface area contributed by atoms with Crippen LogP contribution >= 0.6 is 23.2 Å². The van der Waals surface area contributed by atoms with E-state index in [0.29, 0.717) is 10.7 Å². The van der Waals surface area contributed by atoms with Gasteiger partial charge in [0.2, 0.25) is 0 Å². The first kappa shape index (κ1) is 19.9. The van der Waals surface area contributed by atoms with Crippen molar-refractivity contribution in [3.05, 3.63) is 80.3 Å². The average Bonchev–Trinajstić information content (AvgIpc) is 3.15. The molecule has 0 saturated heterocycles. The zero-order chi connectivity index (χ0) is 21.0. The molecule has 1 aliphatic heterocycles. The lowest BCUT2D eigenvalue weighted by atomic mass is 9.92. The maximum absolute atomic E-state index is 15.0. The lowest BCUT2D eigenvalue weighted by Crippen LogP contribution is -2.31. The zero-order valence-corrected chi connectivity index (χ0v) is 18.0. The molecule has 7 heteroatoms. The van der Waals surface area contributed by atoms with Crippen LogP contribution in [0, 0.1) is 12.7 Å². The second-order valence-electron chi connectivity index (χ2n) is 7.58. The molecule has 4 nitrogen and oxygen atoms in total. The Bertz CT molecular complexity index is 1140. The Hall–Kier alpha value is -2.37. The van der Waals surface area contributed by atoms with E-state index in [1.165, 1.54) is 11.0 Å². The third-order valence-corrected chi connectivity index (χ3v) is 5.87. The minimum absolute atomic E-state index is 0.0324. The van der Waals surface area contributed by atoms with E-state index in [0.717, 1.165) is 22.4 Å². The lowest BCUT2D eigenvalue weighted by molar-refractivity contribution is 0.0984. The number of aromatic nitrogens is 2. The molecule has 1 aromatic heterocycles. The standard InChI is InChI=1S/C22H20Cl2FN3O/c1-11(2)19-17-20(14-10-13(23)9-8-12(14)3)28(22(29)21(17)27(4)26-19)16-7-5-6-15(24)18(16)25/h5-11,20H,1-4H3/t20-/m0/s1. The summed E-state index contributed by atoms with van der Waals surface area (Å²) in [6, 6.07) is 9.66. The van der Waals surface area contributed by atoms with Crippen molar-refractivity contribution in [2.24, 2.45) is 7.05 Å². The SMILES string of the molecule is Cc1ccc(Cl)cc1[C@H]1c2c(C(C)C)nn(C)c2C(=O)N1c1cccc(Cl)c1F. The smallest absolute Gasteiger partial charge is 0.277 e. The summed E-state index contributed by atoms with van der Waals surface area (Å²) in [6.45, 7) is 6.00. The number of carbonyl (C=O) groups is 1. The fourth-order valence-electron chi connectivity index (χ4n) is 4.00. The van der Waals surface area contributed by atoms with Crippen LogP contribution in [0.5, 0.6) is 0 Å². The van der Waals surface area contributed by atoms with Crippen molar-refractivity contribution in [3.8, 4) is 0 Å². The summed E-state index contributed by atoms with van der Waals surface area (Å²) >= 11 is 12.3. The zero-order valence-electron chi connectivity index (χ0n) is 16.5. The third kappa shape index (κ3) is 3.04. The van der Waals surface area contributed by atoms with Crippen LogP contribution in [0.25, 0.3) is 0 Å². The van der Waals surface area contributed by atoms with Crippen molar-refractivity contribution >= 4 is 34.8 Å². The highest BCUT2D eigenvalue weighted by molar-refractivity contribution is 6.31. The lowest BCUT2D eigenvalue weighted by Gasteiger charge is -2.28. The molecule has 3 aromatic rings. The Labute approximate surface area is 178 Å². The third-order valence-electron chi connectivity index (χ3n) is 5.34. The molecule has 0 bridgehead atoms. The topological polar surface area (TPSA) is 38.1 Å². The summed E-state index contributed by atoms with van der Waals surface area (Å²) in [6.07, 6.45) is 0. The molecule has 1 aliphatic rings. The van der Waals surface area contributed by atoms with Gasteiger partial charge in [-0.25, -0.2) is 4.39 Å². The molecule has 1 amide bonds. The summed E-state index contributed by atoms with van der Waals surface area (Å²) in [4.78, 5) is 15.0. The van der Waals surface area contributed by atoms with Crippen LogP contribution in [-0.2, 0) is 7.05 Å². The first-order valence-electron chi connectivity index (χ1n) is 9.32. The second kappa shape index (κ2) is 7.15. The van der Waals surface area contributed by atoms with Gasteiger partial charge in [0.05, 0.1) is 22.4 Å². The highest BCUT2D eigenvalue weighted by Crippen LogP contribution is 2.47. The number of anilines is 1. The van der Waals surface area contributed by atoms with Gasteiger partial charge in [-0.15, -0.1) is 0 Å². The number of benzene rings is 2. The van der Waals surface area contributed by atoms with Crippen LogP contribution < -0.4 is 4.90 Å². The number of amides is 1. The van der Waals surface area contributed by atoms with Crippen LogP contribution in [0.3, 0.4) is 0 Å². The number of halogens is 3. The molecule has 4 rings (SSSR count). The van der Waals surface area contributed by atoms with Gasteiger partial charge in [0, 0.05) is 17.6 Å². The molecule has 0 spiro atoms. The summed E-state index contributed by atoms with van der Waals surface area (Å²) < 4.78 is 16.6. The van der Waals surface area contributed by atoms with Crippen molar-refractivity contribution in [2.45, 2.75) is 32.7 Å². The van der Waals surface area contributed by atoms with Gasteiger partial charge in [-0.3, -0.25) is 14.4 Å². The molecule has 1 atom stereocenters. The predicted octanol–water partition coefficient (Wildman–Crippen LogP) is 6.05. The van der Waals surface area contributed by atoms with E-state index in [1.54, 1.807) is 29.9 Å². The average molecular weight is 432 g/mol. The molecular formula is C22H20Cl2FN3O. The number of fused-ring (bicyclic) bond motifs is 1. The highest BCUT2D eigenvalue weighted by Gasteiger charge is 2.45. The van der Waals surface area contributed by atoms with Crippen LogP contribution in [0.15, 0.2) is 36.4 Å². The Balaban J connectivity index is 2.05. The summed E-state index contributed by atoms with van der Waals surface area (Å²) in [5, 5.41) is 5.11. The van der Waals surface area contributed by atoms with E-state index in [4.69, 9.17) is 23.2 Å². The number of carbonyl (C=O) groups excluding carboxylic acids is 1. The van der Waals surface area contributed by atoms with Gasteiger partial charge in [-0.05, 0) is 48.2 Å². The van der Waals surface area contributed by atoms with Gasteiger partial charge in [-0.1, -0.05) is 49.2 Å². The van der Waals surface area contributed by atoms with E-state index in [1.807, 2.05) is 32.9 Å². The van der Waals surface area contributed by atoms with Crippen LogP contribution in [0.2, 0.25) is 10.0 Å². The van der Waals surface area contributed by atoms with Crippen LogP contribution in [-0.4, -0.2) is 15.7 Å². The van der Waals surface area contributed by atoms with Gasteiger partial charge in [-0.2, -0.15) is 5.10 Å². The van der Waals surface area contributed by atoms with Gasteiger partial charge in [0.15, 0.2) is 5.82 Å². The summed E-state index contributed by atoms with van der Waals surface area (Å²) in [7, 11) is 1.74. The van der Waals surface area contributed by atoms with Crippen molar-refractivity contribution < 1.29 is 9.18 Å². The van der Waals surface area contributed by atoms with Crippen molar-refractivity contribution in [3.63, 3.8) is 0 Å². The maximum Gasteiger partial charge on any atom is 0.277 e. The molecule has 0 saturated carbocycles. The Morgan fingerprint density at radius 1 is 1.17 bits per heavy atom. The summed E-state index contributed by atoms with van der Waals surface area (Å²) in [5.41, 5.74) is 3.97. The van der Waals surface area contributed by atoms with E-state index >= 15 is 4.39 Å². The molecule has 2 aromatic carbocycles. The Kier molecular flexibility index (Phi) is 4.91. The van der Waals surface area contributed by atoms with E-state index in [2.05, 4.69) is 5.10 Å². The van der Waals surface area contributed by atoms with E-state index in [-0.39, 0.29) is 22.5 Å². The van der Waals surface area contributed by atoms with Crippen molar-refractivity contribution in [1.29, 1.82) is 0 Å². The number of rotatable bonds is 3. The highest BCUT2D eigenvalue weighted by atomic mass is 35.5. The fourth-order valence-corrected chi connectivity index (χ4v) is 4.35. The van der Waals surface area contributed by atoms with Crippen LogP contribution in [0.4, 0.5) is 10.1 Å². The molecule has 2 heterocycles. The first-order chi connectivity index (χ1) is 13.7. The molecule has 0 N–H and O–H groups in total. The maximum atomic E-state index is 15.0. The second-order valence-corrected chi connectivity index (χ2v) is 8.42. The van der Waals surface area contributed by atoms with E-state index in [9.17, 15) is 4.79 Å². The Morgan fingerprint density at radius 3 is 2.59 bits per heavy atom. The van der Waals surface area contributed by atoms with Crippen molar-refractivity contribution in [2.75, 3.05) is 4.90 Å². The molecule has 29 heavy (non-hydrogen) atoms. The molecule has 0 fully saturated rings. The van der Waals surface area contributed by atoms with Gasteiger partial charge in [0.25, 0.3) is 5.91 Å². The molecule has 0 unspecified atom stereocenters. The minimum atomic E-state index is -0.626. The number of hydrogen-bond donors (Lipinski definition) is 0. The molecule has 150 valence electrons. The van der Waals surface area contributed by atoms with Crippen LogP contribution in [0.1, 0.15) is 58.7 Å². The Morgan fingerprint density at radius 2 is 1.90 bits per heavy atom. The van der Waals surface area contributed by atoms with Gasteiger partial charge < -0.3 is 0 Å². The predicted molar refractivity (Wildman–Crippen MR) is 114 cm³/mol. The normalized spacial score (nSPS) is 16.1. The largest absolute Gasteiger partial charge is 0.292 e.